The van der Waals surface area contributed by atoms with Gasteiger partial charge in [0.05, 0.1) is 11.1 Å². The Morgan fingerprint density at radius 1 is 0.737 bits per heavy atom. The summed E-state index contributed by atoms with van der Waals surface area (Å²) in [4.78, 5) is 58.7. The molecule has 2 N–H and O–H groups in total. The van der Waals surface area contributed by atoms with Crippen LogP contribution in [-0.4, -0.2) is 114 Å². The van der Waals surface area contributed by atoms with E-state index in [-0.39, 0.29) is 18.7 Å². The number of piperidine rings is 3. The Labute approximate surface area is 223 Å². The average molecular weight is 523 g/mol. The van der Waals surface area contributed by atoms with Crippen LogP contribution in [0, 0.1) is 0 Å². The first kappa shape index (κ1) is 25.6. The quantitative estimate of drug-likeness (QED) is 0.537. The summed E-state index contributed by atoms with van der Waals surface area (Å²) in [5, 5.41) is 5.72. The van der Waals surface area contributed by atoms with E-state index in [4.69, 9.17) is 0 Å². The summed E-state index contributed by atoms with van der Waals surface area (Å²) < 4.78 is 0. The molecule has 0 radical (unpaired) electrons. The first-order valence-electron chi connectivity index (χ1n) is 14.2. The Hall–Kier alpha value is -2.66. The highest BCUT2D eigenvalue weighted by atomic mass is 16.2. The Kier molecular flexibility index (Phi) is 7.31. The first-order chi connectivity index (χ1) is 18.5. The lowest BCUT2D eigenvalue weighted by molar-refractivity contribution is -0.136. The molecule has 10 nitrogen and oxygen atoms in total. The Morgan fingerprint density at radius 3 is 2.11 bits per heavy atom. The maximum Gasteiger partial charge on any atom is 0.262 e. The highest BCUT2D eigenvalue weighted by Gasteiger charge is 2.44. The van der Waals surface area contributed by atoms with E-state index < -0.39 is 23.8 Å². The highest BCUT2D eigenvalue weighted by molar-refractivity contribution is 6.23. The van der Waals surface area contributed by atoms with Crippen LogP contribution in [0.15, 0.2) is 18.2 Å². The van der Waals surface area contributed by atoms with Crippen molar-refractivity contribution in [1.82, 2.24) is 30.2 Å². The summed E-state index contributed by atoms with van der Waals surface area (Å²) in [6.07, 6.45) is 5.37. The summed E-state index contributed by atoms with van der Waals surface area (Å²) in [7, 11) is 0. The second-order valence-electron chi connectivity index (χ2n) is 11.4. The number of likely N-dealkylation sites (tertiary alicyclic amines) is 1. The lowest BCUT2D eigenvalue weighted by Gasteiger charge is -2.45. The van der Waals surface area contributed by atoms with E-state index in [9.17, 15) is 19.2 Å². The molecule has 5 aliphatic heterocycles. The van der Waals surface area contributed by atoms with Crippen molar-refractivity contribution in [2.75, 3.05) is 52.4 Å². The number of hydrogen-bond donors (Lipinski definition) is 2. The molecule has 38 heavy (non-hydrogen) atoms. The van der Waals surface area contributed by atoms with Crippen LogP contribution >= 0.6 is 0 Å². The van der Waals surface area contributed by atoms with Crippen molar-refractivity contribution in [1.29, 1.82) is 0 Å². The minimum atomic E-state index is -0.928. The minimum Gasteiger partial charge on any atom is -0.317 e. The maximum absolute atomic E-state index is 13.1. The molecule has 5 aliphatic rings. The zero-order valence-corrected chi connectivity index (χ0v) is 22.0. The van der Waals surface area contributed by atoms with Crippen LogP contribution in [0.2, 0.25) is 0 Å². The summed E-state index contributed by atoms with van der Waals surface area (Å²) in [5.41, 5.74) is 1.69. The number of carbonyl (C=O) groups is 4. The van der Waals surface area contributed by atoms with Gasteiger partial charge in [-0.3, -0.25) is 39.2 Å². The van der Waals surface area contributed by atoms with Crippen molar-refractivity contribution in [3.05, 3.63) is 34.9 Å². The van der Waals surface area contributed by atoms with Crippen molar-refractivity contribution < 1.29 is 19.2 Å². The second kappa shape index (κ2) is 10.8. The van der Waals surface area contributed by atoms with Crippen molar-refractivity contribution in [2.24, 2.45) is 0 Å². The fourth-order valence-corrected chi connectivity index (χ4v) is 6.95. The van der Waals surface area contributed by atoms with E-state index in [0.29, 0.717) is 17.2 Å². The van der Waals surface area contributed by atoms with Gasteiger partial charge >= 0.3 is 0 Å². The highest BCUT2D eigenvalue weighted by Crippen LogP contribution is 2.29. The summed E-state index contributed by atoms with van der Waals surface area (Å²) >= 11 is 0. The van der Waals surface area contributed by atoms with E-state index in [1.54, 1.807) is 6.07 Å². The predicted octanol–water partition coefficient (Wildman–Crippen LogP) is 0.422. The molecule has 4 fully saturated rings. The van der Waals surface area contributed by atoms with Crippen LogP contribution < -0.4 is 10.6 Å². The third kappa shape index (κ3) is 5.02. The lowest BCUT2D eigenvalue weighted by Crippen LogP contribution is -2.54. The van der Waals surface area contributed by atoms with Gasteiger partial charge in [0.15, 0.2) is 0 Å². The van der Waals surface area contributed by atoms with Gasteiger partial charge in [-0.25, -0.2) is 0 Å². The zero-order valence-electron chi connectivity index (χ0n) is 22.0. The van der Waals surface area contributed by atoms with Gasteiger partial charge in [-0.05, 0) is 76.0 Å². The van der Waals surface area contributed by atoms with E-state index in [1.165, 1.54) is 38.8 Å². The van der Waals surface area contributed by atoms with E-state index in [0.717, 1.165) is 62.3 Å². The molecule has 0 bridgehead atoms. The van der Waals surface area contributed by atoms with E-state index >= 15 is 0 Å². The van der Waals surface area contributed by atoms with Gasteiger partial charge in [0.25, 0.3) is 11.8 Å². The van der Waals surface area contributed by atoms with Crippen molar-refractivity contribution >= 4 is 23.6 Å². The van der Waals surface area contributed by atoms with Gasteiger partial charge in [0, 0.05) is 51.2 Å². The number of rotatable bonds is 5. The minimum absolute atomic E-state index is 0.123. The largest absolute Gasteiger partial charge is 0.317 e. The molecule has 1 aromatic rings. The molecule has 0 aliphatic carbocycles. The van der Waals surface area contributed by atoms with Crippen LogP contribution in [0.25, 0.3) is 0 Å². The maximum atomic E-state index is 13.1. The van der Waals surface area contributed by atoms with Gasteiger partial charge in [-0.2, -0.15) is 0 Å². The number of imide groups is 2. The molecule has 0 saturated carbocycles. The number of fused-ring (bicyclic) bond motifs is 1. The Balaban J connectivity index is 1.01. The smallest absolute Gasteiger partial charge is 0.262 e. The standard InChI is InChI=1S/C28H38N6O4/c35-25-4-3-24(26(36)30-25)34-27(37)22-2-1-19(17-23(22)28(34)38)18-31-13-15-33(16-14-31)21-7-11-32(12-8-21)20-5-9-29-10-6-20/h1-2,17,20-21,24,29H,3-16,18H2,(H,30,35,36). The SMILES string of the molecule is O=C1CCC(N2C(=O)c3ccc(CN4CCN(C5CCN(C6CCNCC6)CC5)CC4)cc3C2=O)C(=O)N1. The molecule has 1 aromatic carbocycles. The number of nitrogens with one attached hydrogen (secondary N) is 2. The van der Waals surface area contributed by atoms with Crippen LogP contribution in [0.3, 0.4) is 0 Å². The summed E-state index contributed by atoms with van der Waals surface area (Å²) in [6.45, 7) is 9.56. The van der Waals surface area contributed by atoms with Gasteiger partial charge in [0.2, 0.25) is 11.8 Å². The molecule has 1 atom stereocenters. The number of amides is 4. The molecule has 204 valence electrons. The summed E-state index contributed by atoms with van der Waals surface area (Å²) in [6, 6.07) is 5.95. The Bertz CT molecular complexity index is 1100. The molecule has 4 amide bonds. The van der Waals surface area contributed by atoms with Gasteiger partial charge in [0.1, 0.15) is 6.04 Å². The molecule has 6 rings (SSSR count). The van der Waals surface area contributed by atoms with Crippen molar-refractivity contribution in [2.45, 2.75) is 63.2 Å². The molecule has 0 spiro atoms. The van der Waals surface area contributed by atoms with Crippen LogP contribution in [0.4, 0.5) is 0 Å². The van der Waals surface area contributed by atoms with Crippen LogP contribution in [0.1, 0.15) is 64.8 Å². The van der Waals surface area contributed by atoms with Crippen LogP contribution in [-0.2, 0) is 16.1 Å². The number of piperazine rings is 1. The number of nitrogens with zero attached hydrogens (tertiary/aromatic N) is 4. The predicted molar refractivity (Wildman–Crippen MR) is 140 cm³/mol. The van der Waals surface area contributed by atoms with Crippen LogP contribution in [0.5, 0.6) is 0 Å². The Morgan fingerprint density at radius 2 is 1.39 bits per heavy atom. The molecule has 4 saturated heterocycles. The van der Waals surface area contributed by atoms with Gasteiger partial charge in [-0.15, -0.1) is 0 Å². The molecular formula is C28H38N6O4. The van der Waals surface area contributed by atoms with Gasteiger partial charge < -0.3 is 10.2 Å². The van der Waals surface area contributed by atoms with E-state index in [2.05, 4.69) is 25.3 Å². The van der Waals surface area contributed by atoms with Crippen molar-refractivity contribution in [3.8, 4) is 0 Å². The third-order valence-corrected chi connectivity index (χ3v) is 9.16. The normalized spacial score (nSPS) is 27.2. The fraction of sp³-hybridized carbons (Fsp3) is 0.643. The molecule has 5 heterocycles. The molecule has 10 heteroatoms. The fourth-order valence-electron chi connectivity index (χ4n) is 6.95. The molecule has 1 unspecified atom stereocenters. The first-order valence-corrected chi connectivity index (χ1v) is 14.2. The molecular weight excluding hydrogens is 484 g/mol. The summed E-state index contributed by atoms with van der Waals surface area (Å²) in [5.74, 6) is -1.84. The van der Waals surface area contributed by atoms with E-state index in [1.807, 2.05) is 12.1 Å². The van der Waals surface area contributed by atoms with Gasteiger partial charge in [-0.1, -0.05) is 6.07 Å². The number of carbonyl (C=O) groups excluding carboxylic acids is 4. The molecule has 0 aromatic heterocycles. The lowest BCUT2D eigenvalue weighted by atomic mass is 9.97. The number of hydrogen-bond acceptors (Lipinski definition) is 8. The topological polar surface area (TPSA) is 105 Å². The number of benzene rings is 1. The second-order valence-corrected chi connectivity index (χ2v) is 11.4. The zero-order chi connectivity index (χ0) is 26.2. The third-order valence-electron chi connectivity index (χ3n) is 9.16. The van der Waals surface area contributed by atoms with Crippen molar-refractivity contribution in [3.63, 3.8) is 0 Å². The average Bonchev–Trinajstić information content (AvgIpc) is 3.19. The monoisotopic (exact) mass is 522 g/mol.